The van der Waals surface area contributed by atoms with Crippen LogP contribution in [0.1, 0.15) is 30.9 Å². The Morgan fingerprint density at radius 2 is 2.24 bits per heavy atom. The molecule has 1 fully saturated rings. The minimum absolute atomic E-state index is 0.551. The van der Waals surface area contributed by atoms with Crippen LogP contribution in [0.15, 0.2) is 18.2 Å². The normalized spacial score (nSPS) is 25.1. The van der Waals surface area contributed by atoms with Gasteiger partial charge in [0.25, 0.3) is 0 Å². The van der Waals surface area contributed by atoms with Gasteiger partial charge in [0.05, 0.1) is 5.60 Å². The number of nitrogens with two attached hydrogens (primary N) is 1. The van der Waals surface area contributed by atoms with Gasteiger partial charge in [-0.15, -0.1) is 0 Å². The van der Waals surface area contributed by atoms with Crippen LogP contribution in [0, 0.1) is 6.92 Å². The van der Waals surface area contributed by atoms with Gasteiger partial charge in [-0.3, -0.25) is 0 Å². The Morgan fingerprint density at radius 3 is 2.88 bits per heavy atom. The van der Waals surface area contributed by atoms with E-state index in [2.05, 4.69) is 24.0 Å². The van der Waals surface area contributed by atoms with Crippen LogP contribution in [0.25, 0.3) is 0 Å². The van der Waals surface area contributed by atoms with E-state index in [4.69, 9.17) is 5.73 Å². The lowest BCUT2D eigenvalue weighted by Crippen LogP contribution is -2.46. The van der Waals surface area contributed by atoms with Crippen LogP contribution in [-0.2, 0) is 6.54 Å². The van der Waals surface area contributed by atoms with Crippen molar-refractivity contribution in [2.75, 3.05) is 18.0 Å². The van der Waals surface area contributed by atoms with E-state index in [-0.39, 0.29) is 0 Å². The number of para-hydroxylation sites is 1. The van der Waals surface area contributed by atoms with E-state index in [1.54, 1.807) is 0 Å². The van der Waals surface area contributed by atoms with E-state index in [1.165, 1.54) is 16.8 Å². The number of rotatable bonds is 2. The first-order chi connectivity index (χ1) is 8.03. The molecule has 1 heterocycles. The predicted molar refractivity (Wildman–Crippen MR) is 71.1 cm³/mol. The van der Waals surface area contributed by atoms with Gasteiger partial charge in [0.1, 0.15) is 0 Å². The van der Waals surface area contributed by atoms with E-state index in [0.717, 1.165) is 19.4 Å². The summed E-state index contributed by atoms with van der Waals surface area (Å²) in [5.41, 5.74) is 8.86. The lowest BCUT2D eigenvalue weighted by Gasteiger charge is -2.39. The number of anilines is 1. The van der Waals surface area contributed by atoms with Gasteiger partial charge >= 0.3 is 0 Å². The van der Waals surface area contributed by atoms with Crippen molar-refractivity contribution < 1.29 is 5.11 Å². The SMILES string of the molecule is Cc1cccc(CN)c1N1CCCC(C)(O)C1. The number of hydrogen-bond acceptors (Lipinski definition) is 3. The largest absolute Gasteiger partial charge is 0.388 e. The fourth-order valence-corrected chi connectivity index (χ4v) is 2.75. The third-order valence-corrected chi connectivity index (χ3v) is 3.53. The maximum atomic E-state index is 10.2. The van der Waals surface area contributed by atoms with E-state index in [9.17, 15) is 5.11 Å². The molecule has 1 aromatic carbocycles. The summed E-state index contributed by atoms with van der Waals surface area (Å²) in [6.07, 6.45) is 1.92. The zero-order valence-corrected chi connectivity index (χ0v) is 10.7. The molecule has 0 aromatic heterocycles. The highest BCUT2D eigenvalue weighted by molar-refractivity contribution is 5.59. The van der Waals surface area contributed by atoms with E-state index < -0.39 is 5.60 Å². The molecule has 1 saturated heterocycles. The summed E-state index contributed by atoms with van der Waals surface area (Å²) in [6, 6.07) is 6.23. The lowest BCUT2D eigenvalue weighted by atomic mass is 9.93. The molecular weight excluding hydrogens is 212 g/mol. The average molecular weight is 234 g/mol. The van der Waals surface area contributed by atoms with Crippen LogP contribution >= 0.6 is 0 Å². The van der Waals surface area contributed by atoms with Gasteiger partial charge in [0.2, 0.25) is 0 Å². The molecule has 0 bridgehead atoms. The van der Waals surface area contributed by atoms with E-state index >= 15 is 0 Å². The lowest BCUT2D eigenvalue weighted by molar-refractivity contribution is 0.0448. The molecule has 1 aromatic rings. The Kier molecular flexibility index (Phi) is 3.40. The second-order valence-corrected chi connectivity index (χ2v) is 5.31. The van der Waals surface area contributed by atoms with Gasteiger partial charge in [0, 0.05) is 25.3 Å². The standard InChI is InChI=1S/C14H22N2O/c1-11-5-3-6-12(9-15)13(11)16-8-4-7-14(2,17)10-16/h3,5-6,17H,4,7-10,15H2,1-2H3. The molecule has 17 heavy (non-hydrogen) atoms. The van der Waals surface area contributed by atoms with Crippen molar-refractivity contribution in [2.24, 2.45) is 5.73 Å². The molecule has 0 aliphatic carbocycles. The van der Waals surface area contributed by atoms with Crippen molar-refractivity contribution in [3.05, 3.63) is 29.3 Å². The fourth-order valence-electron chi connectivity index (χ4n) is 2.75. The summed E-state index contributed by atoms with van der Waals surface area (Å²) in [6.45, 7) is 6.28. The smallest absolute Gasteiger partial charge is 0.0794 e. The predicted octanol–water partition coefficient (Wildman–Crippen LogP) is 1.80. The Hall–Kier alpha value is -1.06. The zero-order chi connectivity index (χ0) is 12.5. The highest BCUT2D eigenvalue weighted by atomic mass is 16.3. The van der Waals surface area contributed by atoms with Gasteiger partial charge in [-0.1, -0.05) is 18.2 Å². The summed E-state index contributed by atoms with van der Waals surface area (Å²) in [4.78, 5) is 2.28. The maximum Gasteiger partial charge on any atom is 0.0794 e. The summed E-state index contributed by atoms with van der Waals surface area (Å²) in [7, 11) is 0. The van der Waals surface area contributed by atoms with Gasteiger partial charge in [-0.25, -0.2) is 0 Å². The molecule has 1 aliphatic heterocycles. The summed E-state index contributed by atoms with van der Waals surface area (Å²) in [5, 5.41) is 10.2. The molecule has 3 nitrogen and oxygen atoms in total. The summed E-state index contributed by atoms with van der Waals surface area (Å²) >= 11 is 0. The van der Waals surface area contributed by atoms with Gasteiger partial charge in [-0.2, -0.15) is 0 Å². The molecule has 1 unspecified atom stereocenters. The molecule has 0 radical (unpaired) electrons. The first-order valence-corrected chi connectivity index (χ1v) is 6.29. The van der Waals surface area contributed by atoms with Gasteiger partial charge in [0.15, 0.2) is 0 Å². The number of nitrogens with zero attached hydrogens (tertiary/aromatic N) is 1. The van der Waals surface area contributed by atoms with E-state index in [0.29, 0.717) is 13.1 Å². The Labute approximate surface area is 103 Å². The van der Waals surface area contributed by atoms with Crippen LogP contribution in [0.5, 0.6) is 0 Å². The highest BCUT2D eigenvalue weighted by Crippen LogP contribution is 2.30. The molecular formula is C14H22N2O. The van der Waals surface area contributed by atoms with Crippen molar-refractivity contribution in [1.82, 2.24) is 0 Å². The minimum Gasteiger partial charge on any atom is -0.388 e. The van der Waals surface area contributed by atoms with E-state index in [1.807, 2.05) is 13.0 Å². The van der Waals surface area contributed by atoms with Crippen LogP contribution in [-0.4, -0.2) is 23.8 Å². The highest BCUT2D eigenvalue weighted by Gasteiger charge is 2.29. The third-order valence-electron chi connectivity index (χ3n) is 3.53. The van der Waals surface area contributed by atoms with Crippen molar-refractivity contribution >= 4 is 5.69 Å². The summed E-state index contributed by atoms with van der Waals surface area (Å²) in [5.74, 6) is 0. The van der Waals surface area contributed by atoms with Crippen molar-refractivity contribution in [3.63, 3.8) is 0 Å². The van der Waals surface area contributed by atoms with Crippen LogP contribution < -0.4 is 10.6 Å². The van der Waals surface area contributed by atoms with Crippen molar-refractivity contribution in [3.8, 4) is 0 Å². The molecule has 0 amide bonds. The first kappa shape index (κ1) is 12.4. The molecule has 2 rings (SSSR count). The average Bonchev–Trinajstić information content (AvgIpc) is 2.27. The number of hydrogen-bond donors (Lipinski definition) is 2. The number of aryl methyl sites for hydroxylation is 1. The van der Waals surface area contributed by atoms with Crippen LogP contribution in [0.4, 0.5) is 5.69 Å². The monoisotopic (exact) mass is 234 g/mol. The second-order valence-electron chi connectivity index (χ2n) is 5.31. The molecule has 1 atom stereocenters. The van der Waals surface area contributed by atoms with Gasteiger partial charge < -0.3 is 15.7 Å². The number of aliphatic hydroxyl groups is 1. The summed E-state index contributed by atoms with van der Waals surface area (Å²) < 4.78 is 0. The molecule has 0 saturated carbocycles. The van der Waals surface area contributed by atoms with Crippen molar-refractivity contribution in [1.29, 1.82) is 0 Å². The topological polar surface area (TPSA) is 49.5 Å². The molecule has 3 heteroatoms. The Morgan fingerprint density at radius 1 is 1.47 bits per heavy atom. The minimum atomic E-state index is -0.577. The molecule has 0 spiro atoms. The second kappa shape index (κ2) is 4.67. The fraction of sp³-hybridized carbons (Fsp3) is 0.571. The Bertz CT molecular complexity index is 401. The first-order valence-electron chi connectivity index (χ1n) is 6.29. The van der Waals surface area contributed by atoms with Crippen LogP contribution in [0.3, 0.4) is 0 Å². The van der Waals surface area contributed by atoms with Crippen molar-refractivity contribution in [2.45, 2.75) is 38.8 Å². The maximum absolute atomic E-state index is 10.2. The molecule has 1 aliphatic rings. The van der Waals surface area contributed by atoms with Gasteiger partial charge in [-0.05, 0) is 37.8 Å². The van der Waals surface area contributed by atoms with Crippen LogP contribution in [0.2, 0.25) is 0 Å². The Balaban J connectivity index is 2.33. The number of β-amino-alcohol motifs (C(OH)–C–C–N with tert-alkyl or cyclic N) is 1. The number of benzene rings is 1. The molecule has 3 N–H and O–H groups in total. The molecule has 94 valence electrons. The zero-order valence-electron chi connectivity index (χ0n) is 10.7. The number of piperidine rings is 1. The third kappa shape index (κ3) is 2.61. The quantitative estimate of drug-likeness (QED) is 0.820.